The van der Waals surface area contributed by atoms with Crippen LogP contribution in [-0.2, 0) is 0 Å². The molecule has 0 bridgehead atoms. The molecule has 0 aliphatic carbocycles. The lowest BCUT2D eigenvalue weighted by Crippen LogP contribution is -2.12. The summed E-state index contributed by atoms with van der Waals surface area (Å²) < 4.78 is 0.881. The smallest absolute Gasteiger partial charge is 0.339 e. The normalized spacial score (nSPS) is 10.6. The molecule has 2 aromatic rings. The van der Waals surface area contributed by atoms with Crippen molar-refractivity contribution in [3.8, 4) is 0 Å². The van der Waals surface area contributed by atoms with Crippen LogP contribution in [0.5, 0.6) is 0 Å². The molecule has 4 N–H and O–H groups in total. The molecule has 19 heavy (non-hydrogen) atoms. The van der Waals surface area contributed by atoms with E-state index in [0.29, 0.717) is 18.8 Å². The predicted molar refractivity (Wildman–Crippen MR) is 78.6 cm³/mol. The Balaban J connectivity index is 2.54. The zero-order chi connectivity index (χ0) is 13.8. The van der Waals surface area contributed by atoms with Gasteiger partial charge in [-0.3, -0.25) is 4.98 Å². The van der Waals surface area contributed by atoms with Crippen LogP contribution in [0.1, 0.15) is 16.8 Å². The second kappa shape index (κ2) is 5.99. The van der Waals surface area contributed by atoms with Crippen LogP contribution in [0.4, 0.5) is 5.69 Å². The number of nitrogens with one attached hydrogen (secondary N) is 1. The number of rotatable bonds is 5. The average molecular weight is 324 g/mol. The van der Waals surface area contributed by atoms with Gasteiger partial charge in [-0.25, -0.2) is 4.79 Å². The standard InChI is InChI=1S/C13H14BrN3O2/c14-8-2-3-11-9(6-8)12(16-5-1-4-15)10(7-17-11)13(18)19/h2-3,6-7H,1,4-5,15H2,(H,16,17)(H,18,19). The number of pyridine rings is 1. The Morgan fingerprint density at radius 3 is 2.95 bits per heavy atom. The molecule has 1 aromatic carbocycles. The summed E-state index contributed by atoms with van der Waals surface area (Å²) in [6.45, 7) is 1.19. The first-order chi connectivity index (χ1) is 9.13. The van der Waals surface area contributed by atoms with Crippen molar-refractivity contribution in [2.45, 2.75) is 6.42 Å². The van der Waals surface area contributed by atoms with Gasteiger partial charge in [0.05, 0.1) is 11.2 Å². The average Bonchev–Trinajstić information content (AvgIpc) is 2.38. The quantitative estimate of drug-likeness (QED) is 0.735. The maximum atomic E-state index is 11.3. The second-order valence-corrected chi connectivity index (χ2v) is 5.00. The molecule has 100 valence electrons. The molecule has 0 aliphatic rings. The first kappa shape index (κ1) is 13.8. The molecule has 0 amide bonds. The number of nitrogens with zero attached hydrogens (tertiary/aromatic N) is 1. The fourth-order valence-electron chi connectivity index (χ4n) is 1.83. The number of carbonyl (C=O) groups is 1. The van der Waals surface area contributed by atoms with Crippen molar-refractivity contribution in [1.82, 2.24) is 4.98 Å². The highest BCUT2D eigenvalue weighted by atomic mass is 79.9. The van der Waals surface area contributed by atoms with Crippen molar-refractivity contribution < 1.29 is 9.90 Å². The van der Waals surface area contributed by atoms with Gasteiger partial charge in [-0.2, -0.15) is 0 Å². The second-order valence-electron chi connectivity index (χ2n) is 4.08. The van der Waals surface area contributed by atoms with E-state index in [1.807, 2.05) is 18.2 Å². The fraction of sp³-hybridized carbons (Fsp3) is 0.231. The molecule has 0 spiro atoms. The summed E-state index contributed by atoms with van der Waals surface area (Å²) in [5.41, 5.74) is 6.96. The fourth-order valence-corrected chi connectivity index (χ4v) is 2.19. The zero-order valence-electron chi connectivity index (χ0n) is 10.2. The van der Waals surface area contributed by atoms with E-state index in [4.69, 9.17) is 5.73 Å². The maximum Gasteiger partial charge on any atom is 0.339 e. The van der Waals surface area contributed by atoms with Crippen LogP contribution in [0.3, 0.4) is 0 Å². The highest BCUT2D eigenvalue weighted by molar-refractivity contribution is 9.10. The third-order valence-corrected chi connectivity index (χ3v) is 3.24. The van der Waals surface area contributed by atoms with Gasteiger partial charge >= 0.3 is 5.97 Å². The molecular formula is C13H14BrN3O2. The van der Waals surface area contributed by atoms with E-state index < -0.39 is 5.97 Å². The molecule has 0 saturated heterocycles. The first-order valence-electron chi connectivity index (χ1n) is 5.89. The lowest BCUT2D eigenvalue weighted by Gasteiger charge is -2.12. The number of halogens is 1. The number of hydrogen-bond donors (Lipinski definition) is 3. The van der Waals surface area contributed by atoms with Gasteiger partial charge in [0.2, 0.25) is 0 Å². The number of nitrogens with two attached hydrogens (primary N) is 1. The van der Waals surface area contributed by atoms with Crippen LogP contribution >= 0.6 is 15.9 Å². The predicted octanol–water partition coefficient (Wildman–Crippen LogP) is 2.46. The minimum Gasteiger partial charge on any atom is -0.478 e. The van der Waals surface area contributed by atoms with Crippen LogP contribution in [0.15, 0.2) is 28.9 Å². The SMILES string of the molecule is NCCCNc1c(C(=O)O)cnc2ccc(Br)cc12. The lowest BCUT2D eigenvalue weighted by atomic mass is 10.1. The van der Waals surface area contributed by atoms with Gasteiger partial charge in [0, 0.05) is 22.6 Å². The molecule has 5 nitrogen and oxygen atoms in total. The summed E-state index contributed by atoms with van der Waals surface area (Å²) in [4.78, 5) is 15.4. The molecule has 0 fully saturated rings. The van der Waals surface area contributed by atoms with E-state index in [0.717, 1.165) is 21.8 Å². The summed E-state index contributed by atoms with van der Waals surface area (Å²) in [5, 5.41) is 13.2. The zero-order valence-corrected chi connectivity index (χ0v) is 11.8. The van der Waals surface area contributed by atoms with Crippen LogP contribution in [0.25, 0.3) is 10.9 Å². The highest BCUT2D eigenvalue weighted by Gasteiger charge is 2.14. The molecule has 0 saturated carbocycles. The maximum absolute atomic E-state index is 11.3. The van der Waals surface area contributed by atoms with Crippen LogP contribution in [-0.4, -0.2) is 29.1 Å². The number of aromatic nitrogens is 1. The van der Waals surface area contributed by atoms with Crippen molar-refractivity contribution in [2.24, 2.45) is 5.73 Å². The number of carboxylic acids is 1. The Morgan fingerprint density at radius 2 is 2.26 bits per heavy atom. The molecular weight excluding hydrogens is 310 g/mol. The van der Waals surface area contributed by atoms with E-state index in [2.05, 4.69) is 26.2 Å². The molecule has 2 rings (SSSR count). The monoisotopic (exact) mass is 323 g/mol. The van der Waals surface area contributed by atoms with Crippen molar-refractivity contribution >= 4 is 38.5 Å². The molecule has 0 atom stereocenters. The molecule has 0 radical (unpaired) electrons. The van der Waals surface area contributed by atoms with Crippen LogP contribution in [0.2, 0.25) is 0 Å². The number of carboxylic acid groups (broad SMARTS) is 1. The molecule has 0 unspecified atom stereocenters. The summed E-state index contributed by atoms with van der Waals surface area (Å²) in [6, 6.07) is 5.58. The Morgan fingerprint density at radius 1 is 1.47 bits per heavy atom. The van der Waals surface area contributed by atoms with Crippen LogP contribution in [0, 0.1) is 0 Å². The number of fused-ring (bicyclic) bond motifs is 1. The third kappa shape index (κ3) is 3.02. The van der Waals surface area contributed by atoms with Gasteiger partial charge in [-0.1, -0.05) is 15.9 Å². The largest absolute Gasteiger partial charge is 0.478 e. The molecule has 0 aliphatic heterocycles. The summed E-state index contributed by atoms with van der Waals surface area (Å²) in [7, 11) is 0. The Kier molecular flexibility index (Phi) is 4.34. The number of benzene rings is 1. The van der Waals surface area contributed by atoms with Gasteiger partial charge in [-0.15, -0.1) is 0 Å². The van der Waals surface area contributed by atoms with E-state index in [1.165, 1.54) is 6.20 Å². The minimum atomic E-state index is -0.996. The summed E-state index contributed by atoms with van der Waals surface area (Å²) >= 11 is 3.39. The van der Waals surface area contributed by atoms with Gasteiger partial charge in [-0.05, 0) is 31.2 Å². The van der Waals surface area contributed by atoms with Gasteiger partial charge < -0.3 is 16.2 Å². The van der Waals surface area contributed by atoms with E-state index in [1.54, 1.807) is 0 Å². The number of anilines is 1. The lowest BCUT2D eigenvalue weighted by molar-refractivity contribution is 0.0697. The molecule has 6 heteroatoms. The summed E-state index contributed by atoms with van der Waals surface area (Å²) in [6.07, 6.45) is 2.15. The van der Waals surface area contributed by atoms with Crippen molar-refractivity contribution in [3.63, 3.8) is 0 Å². The highest BCUT2D eigenvalue weighted by Crippen LogP contribution is 2.28. The van der Waals surface area contributed by atoms with Crippen molar-refractivity contribution in [3.05, 3.63) is 34.4 Å². The van der Waals surface area contributed by atoms with Gasteiger partial charge in [0.1, 0.15) is 5.56 Å². The summed E-state index contributed by atoms with van der Waals surface area (Å²) in [5.74, 6) is -0.996. The first-order valence-corrected chi connectivity index (χ1v) is 6.68. The Labute approximate surface area is 119 Å². The topological polar surface area (TPSA) is 88.2 Å². The number of hydrogen-bond acceptors (Lipinski definition) is 4. The number of aromatic carboxylic acids is 1. The van der Waals surface area contributed by atoms with Crippen LogP contribution < -0.4 is 11.1 Å². The van der Waals surface area contributed by atoms with E-state index in [-0.39, 0.29) is 5.56 Å². The Hall–Kier alpha value is -1.66. The van der Waals surface area contributed by atoms with Crippen molar-refractivity contribution in [1.29, 1.82) is 0 Å². The minimum absolute atomic E-state index is 0.169. The Bertz CT molecular complexity index is 616. The molecule has 1 aromatic heterocycles. The molecule has 1 heterocycles. The van der Waals surface area contributed by atoms with Gasteiger partial charge in [0.25, 0.3) is 0 Å². The van der Waals surface area contributed by atoms with E-state index in [9.17, 15) is 9.90 Å². The van der Waals surface area contributed by atoms with Crippen molar-refractivity contribution in [2.75, 3.05) is 18.4 Å². The van der Waals surface area contributed by atoms with Gasteiger partial charge in [0.15, 0.2) is 0 Å². The van der Waals surface area contributed by atoms with E-state index >= 15 is 0 Å². The third-order valence-electron chi connectivity index (χ3n) is 2.74.